The van der Waals surface area contributed by atoms with Gasteiger partial charge in [-0.1, -0.05) is 30.3 Å². The number of ketones is 1. The molecule has 0 unspecified atom stereocenters. The monoisotopic (exact) mass is 406 g/mol. The average molecular weight is 406 g/mol. The van der Waals surface area contributed by atoms with E-state index in [2.05, 4.69) is 4.98 Å². The molecule has 4 aromatic rings. The number of thiophene rings is 1. The molecule has 0 spiro atoms. The van der Waals surface area contributed by atoms with Crippen molar-refractivity contribution in [2.75, 3.05) is 14.2 Å². The zero-order valence-electron chi connectivity index (χ0n) is 15.9. The lowest BCUT2D eigenvalue weighted by Gasteiger charge is -2.10. The summed E-state index contributed by atoms with van der Waals surface area (Å²) in [6.07, 6.45) is 1.43. The van der Waals surface area contributed by atoms with Crippen molar-refractivity contribution < 1.29 is 14.3 Å². The van der Waals surface area contributed by atoms with Crippen LogP contribution in [0.1, 0.15) is 10.4 Å². The van der Waals surface area contributed by atoms with Crippen molar-refractivity contribution >= 4 is 27.3 Å². The smallest absolute Gasteiger partial charge is 0.263 e. The number of fused-ring (bicyclic) bond motifs is 1. The quantitative estimate of drug-likeness (QED) is 0.452. The Hall–Kier alpha value is -3.45. The second-order valence-electron chi connectivity index (χ2n) is 6.37. The Kier molecular flexibility index (Phi) is 5.14. The van der Waals surface area contributed by atoms with Gasteiger partial charge in [-0.3, -0.25) is 14.2 Å². The second-order valence-corrected chi connectivity index (χ2v) is 7.22. The summed E-state index contributed by atoms with van der Waals surface area (Å²) < 4.78 is 11.8. The Morgan fingerprint density at radius 2 is 1.83 bits per heavy atom. The molecule has 0 N–H and O–H groups in total. The highest BCUT2D eigenvalue weighted by Crippen LogP contribution is 2.30. The maximum Gasteiger partial charge on any atom is 0.263 e. The summed E-state index contributed by atoms with van der Waals surface area (Å²) in [6.45, 7) is -0.110. The van der Waals surface area contributed by atoms with Gasteiger partial charge in [0.2, 0.25) is 0 Å². The molecule has 0 aliphatic rings. The van der Waals surface area contributed by atoms with E-state index in [0.29, 0.717) is 27.3 Å². The van der Waals surface area contributed by atoms with Crippen LogP contribution >= 0.6 is 11.3 Å². The van der Waals surface area contributed by atoms with E-state index in [-0.39, 0.29) is 17.9 Å². The van der Waals surface area contributed by atoms with Gasteiger partial charge in [0.1, 0.15) is 4.83 Å². The Labute approximate surface area is 171 Å². The highest BCUT2D eigenvalue weighted by atomic mass is 32.1. The van der Waals surface area contributed by atoms with Crippen LogP contribution in [0.4, 0.5) is 0 Å². The first-order valence-corrected chi connectivity index (χ1v) is 9.77. The van der Waals surface area contributed by atoms with Gasteiger partial charge < -0.3 is 9.47 Å². The number of nitrogens with zero attached hydrogens (tertiary/aromatic N) is 2. The van der Waals surface area contributed by atoms with Crippen LogP contribution in [0.5, 0.6) is 11.5 Å². The molecule has 146 valence electrons. The molecule has 0 aliphatic carbocycles. The summed E-state index contributed by atoms with van der Waals surface area (Å²) in [5.41, 5.74) is 1.98. The van der Waals surface area contributed by atoms with Crippen LogP contribution in [-0.2, 0) is 6.54 Å². The summed E-state index contributed by atoms with van der Waals surface area (Å²) in [5, 5.41) is 2.46. The van der Waals surface area contributed by atoms with Crippen molar-refractivity contribution in [1.29, 1.82) is 0 Å². The molecule has 0 amide bonds. The van der Waals surface area contributed by atoms with Crippen molar-refractivity contribution in [1.82, 2.24) is 9.55 Å². The number of carbonyl (C=O) groups excluding carboxylic acids is 1. The van der Waals surface area contributed by atoms with E-state index in [4.69, 9.17) is 9.47 Å². The number of aromatic nitrogens is 2. The van der Waals surface area contributed by atoms with E-state index in [1.165, 1.54) is 36.5 Å². The lowest BCUT2D eigenvalue weighted by molar-refractivity contribution is 0.0970. The van der Waals surface area contributed by atoms with Gasteiger partial charge in [0.25, 0.3) is 5.56 Å². The number of carbonyl (C=O) groups is 1. The molecule has 29 heavy (non-hydrogen) atoms. The summed E-state index contributed by atoms with van der Waals surface area (Å²) in [6, 6.07) is 14.6. The predicted molar refractivity (Wildman–Crippen MR) is 113 cm³/mol. The van der Waals surface area contributed by atoms with E-state index in [0.717, 1.165) is 11.1 Å². The van der Waals surface area contributed by atoms with Crippen LogP contribution in [0.2, 0.25) is 0 Å². The van der Waals surface area contributed by atoms with Gasteiger partial charge in [0.15, 0.2) is 17.3 Å². The van der Waals surface area contributed by atoms with Crippen molar-refractivity contribution in [3.63, 3.8) is 0 Å². The van der Waals surface area contributed by atoms with E-state index < -0.39 is 0 Å². The van der Waals surface area contributed by atoms with E-state index in [9.17, 15) is 9.59 Å². The first-order chi connectivity index (χ1) is 14.1. The molecule has 0 radical (unpaired) electrons. The SMILES string of the molecule is COc1ccc(C(=O)Cn2cnc3scc(-c4ccccc4)c3c2=O)cc1OC. The molecule has 7 heteroatoms. The second kappa shape index (κ2) is 7.89. The van der Waals surface area contributed by atoms with Crippen LogP contribution in [0.25, 0.3) is 21.3 Å². The van der Waals surface area contributed by atoms with Gasteiger partial charge in [-0.05, 0) is 23.8 Å². The molecule has 2 aromatic carbocycles. The van der Waals surface area contributed by atoms with Crippen molar-refractivity contribution in [3.05, 3.63) is 76.2 Å². The van der Waals surface area contributed by atoms with E-state index in [1.807, 2.05) is 35.7 Å². The molecule has 0 saturated carbocycles. The third kappa shape index (κ3) is 3.52. The molecule has 2 heterocycles. The minimum Gasteiger partial charge on any atom is -0.493 e. The fraction of sp³-hybridized carbons (Fsp3) is 0.136. The fourth-order valence-electron chi connectivity index (χ4n) is 3.17. The Morgan fingerprint density at radius 1 is 1.07 bits per heavy atom. The van der Waals surface area contributed by atoms with Gasteiger partial charge in [-0.2, -0.15) is 0 Å². The van der Waals surface area contributed by atoms with Crippen LogP contribution < -0.4 is 15.0 Å². The summed E-state index contributed by atoms with van der Waals surface area (Å²) in [4.78, 5) is 30.9. The van der Waals surface area contributed by atoms with Gasteiger partial charge in [0.05, 0.1) is 32.5 Å². The van der Waals surface area contributed by atoms with Gasteiger partial charge in [-0.15, -0.1) is 11.3 Å². The molecule has 0 saturated heterocycles. The number of Topliss-reactive ketones (excluding diaryl/α,β-unsaturated/α-hetero) is 1. The standard InChI is InChI=1S/C22H18N2O4S/c1-27-18-9-8-15(10-19(18)28-2)17(25)11-24-13-23-21-20(22(24)26)16(12-29-21)14-6-4-3-5-7-14/h3-10,12-13H,11H2,1-2H3. The molecule has 0 fully saturated rings. The van der Waals surface area contributed by atoms with Crippen LogP contribution in [0.15, 0.2) is 65.0 Å². The maximum absolute atomic E-state index is 13.1. The highest BCUT2D eigenvalue weighted by molar-refractivity contribution is 7.17. The average Bonchev–Trinajstić information content (AvgIpc) is 3.20. The minimum absolute atomic E-state index is 0.110. The predicted octanol–water partition coefficient (Wildman–Crippen LogP) is 4.03. The molecule has 2 aromatic heterocycles. The van der Waals surface area contributed by atoms with Gasteiger partial charge >= 0.3 is 0 Å². The third-order valence-electron chi connectivity index (χ3n) is 4.66. The number of rotatable bonds is 6. The topological polar surface area (TPSA) is 70.4 Å². The molecule has 0 bridgehead atoms. The van der Waals surface area contributed by atoms with Crippen LogP contribution in [0, 0.1) is 0 Å². The molecular formula is C22H18N2O4S. The first kappa shape index (κ1) is 18.9. The Balaban J connectivity index is 1.71. The van der Waals surface area contributed by atoms with Gasteiger partial charge in [-0.25, -0.2) is 4.98 Å². The zero-order chi connectivity index (χ0) is 20.4. The lowest BCUT2D eigenvalue weighted by Crippen LogP contribution is -2.24. The van der Waals surface area contributed by atoms with Crippen molar-refractivity contribution in [2.24, 2.45) is 0 Å². The minimum atomic E-state index is -0.232. The molecule has 0 atom stereocenters. The highest BCUT2D eigenvalue weighted by Gasteiger charge is 2.16. The van der Waals surface area contributed by atoms with Crippen LogP contribution in [0.3, 0.4) is 0 Å². The van der Waals surface area contributed by atoms with Gasteiger partial charge in [0, 0.05) is 16.5 Å². The molecular weight excluding hydrogens is 388 g/mol. The van der Waals surface area contributed by atoms with E-state index >= 15 is 0 Å². The van der Waals surface area contributed by atoms with Crippen molar-refractivity contribution in [3.8, 4) is 22.6 Å². The van der Waals surface area contributed by atoms with E-state index in [1.54, 1.807) is 18.2 Å². The Bertz CT molecular complexity index is 1240. The first-order valence-electron chi connectivity index (χ1n) is 8.89. The summed E-state index contributed by atoms with van der Waals surface area (Å²) in [7, 11) is 3.04. The van der Waals surface area contributed by atoms with Crippen LogP contribution in [-0.4, -0.2) is 29.6 Å². The number of hydrogen-bond acceptors (Lipinski definition) is 6. The third-order valence-corrected chi connectivity index (χ3v) is 5.55. The zero-order valence-corrected chi connectivity index (χ0v) is 16.7. The largest absolute Gasteiger partial charge is 0.493 e. The maximum atomic E-state index is 13.1. The molecule has 0 aliphatic heterocycles. The molecule has 4 rings (SSSR count). The number of hydrogen-bond donors (Lipinski definition) is 0. The normalized spacial score (nSPS) is 10.8. The number of methoxy groups -OCH3 is 2. The lowest BCUT2D eigenvalue weighted by atomic mass is 10.1. The number of benzene rings is 2. The Morgan fingerprint density at radius 3 is 2.55 bits per heavy atom. The molecule has 6 nitrogen and oxygen atoms in total. The summed E-state index contributed by atoms with van der Waals surface area (Å²) >= 11 is 1.42. The summed E-state index contributed by atoms with van der Waals surface area (Å²) in [5.74, 6) is 0.782. The number of ether oxygens (including phenoxy) is 2. The van der Waals surface area contributed by atoms with Crippen molar-refractivity contribution in [2.45, 2.75) is 6.54 Å². The fourth-order valence-corrected chi connectivity index (χ4v) is 4.07.